The van der Waals surface area contributed by atoms with Crippen molar-refractivity contribution < 1.29 is 0 Å². The lowest BCUT2D eigenvalue weighted by Crippen LogP contribution is -1.87. The molecule has 0 aliphatic carbocycles. The minimum absolute atomic E-state index is 0.304. The maximum atomic E-state index is 6.02. The second-order valence-corrected chi connectivity index (χ2v) is 4.05. The third-order valence-corrected chi connectivity index (χ3v) is 2.97. The van der Waals surface area contributed by atoms with Gasteiger partial charge in [0.05, 0.1) is 5.02 Å². The van der Waals surface area contributed by atoms with Crippen LogP contribution in [-0.4, -0.2) is 6.26 Å². The molecule has 0 fully saturated rings. The molecule has 0 heterocycles. The number of rotatable bonds is 2. The van der Waals surface area contributed by atoms with Gasteiger partial charge in [0.15, 0.2) is 0 Å². The molecular weight excluding hydrogens is 188 g/mol. The first kappa shape index (κ1) is 9.94. The van der Waals surface area contributed by atoms with Crippen LogP contribution in [-0.2, 0) is 0 Å². The molecular formula is C10H12ClS. The van der Waals surface area contributed by atoms with Gasteiger partial charge < -0.3 is 0 Å². The zero-order chi connectivity index (χ0) is 9.14. The van der Waals surface area contributed by atoms with E-state index >= 15 is 0 Å². The molecule has 0 saturated heterocycles. The van der Waals surface area contributed by atoms with Crippen molar-refractivity contribution in [1.29, 1.82) is 0 Å². The molecule has 0 bridgehead atoms. The summed E-state index contributed by atoms with van der Waals surface area (Å²) in [6.45, 7) is 6.00. The number of hydrogen-bond donors (Lipinski definition) is 0. The summed E-state index contributed by atoms with van der Waals surface area (Å²) in [6.07, 6.45) is 2.02. The predicted molar refractivity (Wildman–Crippen MR) is 57.0 cm³/mol. The zero-order valence-corrected chi connectivity index (χ0v) is 8.88. The summed E-state index contributed by atoms with van der Waals surface area (Å²) in [7, 11) is 0. The monoisotopic (exact) mass is 199 g/mol. The molecule has 65 valence electrons. The molecule has 0 amide bonds. The van der Waals surface area contributed by atoms with E-state index in [1.807, 2.05) is 18.4 Å². The van der Waals surface area contributed by atoms with Crippen molar-refractivity contribution in [3.63, 3.8) is 0 Å². The van der Waals surface area contributed by atoms with Gasteiger partial charge in [0.25, 0.3) is 0 Å². The molecule has 1 unspecified atom stereocenters. The van der Waals surface area contributed by atoms with Crippen LogP contribution in [0.1, 0.15) is 18.4 Å². The first-order chi connectivity index (χ1) is 5.65. The number of thioether (sulfide) groups is 1. The van der Waals surface area contributed by atoms with Gasteiger partial charge in [-0.15, -0.1) is 11.8 Å². The lowest BCUT2D eigenvalue weighted by Gasteiger charge is -2.07. The van der Waals surface area contributed by atoms with Crippen molar-refractivity contribution in [2.75, 3.05) is 6.26 Å². The van der Waals surface area contributed by atoms with Crippen LogP contribution in [0.15, 0.2) is 23.1 Å². The summed E-state index contributed by atoms with van der Waals surface area (Å²) in [5.74, 6) is 0.304. The van der Waals surface area contributed by atoms with Gasteiger partial charge in [-0.05, 0) is 36.8 Å². The second kappa shape index (κ2) is 4.20. The highest BCUT2D eigenvalue weighted by Gasteiger charge is 2.02. The lowest BCUT2D eigenvalue weighted by atomic mass is 10.0. The predicted octanol–water partition coefficient (Wildman–Crippen LogP) is 4.00. The molecule has 1 radical (unpaired) electrons. The van der Waals surface area contributed by atoms with Crippen molar-refractivity contribution in [1.82, 2.24) is 0 Å². The highest BCUT2D eigenvalue weighted by Crippen LogP contribution is 2.28. The standard InChI is InChI=1S/C10H12ClS/c1-7(2)8-4-5-10(12-3)9(11)6-8/h4-7H,1H2,2-3H3. The minimum Gasteiger partial charge on any atom is -0.128 e. The molecule has 0 aliphatic heterocycles. The molecule has 2 heteroatoms. The molecule has 0 nitrogen and oxygen atoms in total. The van der Waals surface area contributed by atoms with Crippen LogP contribution in [0.25, 0.3) is 0 Å². The van der Waals surface area contributed by atoms with E-state index in [-0.39, 0.29) is 0 Å². The summed E-state index contributed by atoms with van der Waals surface area (Å²) < 4.78 is 0. The fraction of sp³-hybridized carbons (Fsp3) is 0.300. The molecule has 0 spiro atoms. The van der Waals surface area contributed by atoms with E-state index in [9.17, 15) is 0 Å². The third-order valence-electron chi connectivity index (χ3n) is 1.74. The Morgan fingerprint density at radius 1 is 1.50 bits per heavy atom. The first-order valence-corrected chi connectivity index (χ1v) is 5.42. The Morgan fingerprint density at radius 2 is 2.17 bits per heavy atom. The Balaban J connectivity index is 3.02. The Bertz CT molecular complexity index is 269. The Morgan fingerprint density at radius 3 is 2.58 bits per heavy atom. The van der Waals surface area contributed by atoms with Crippen molar-refractivity contribution in [3.8, 4) is 0 Å². The quantitative estimate of drug-likeness (QED) is 0.649. The largest absolute Gasteiger partial charge is 0.128 e. The fourth-order valence-corrected chi connectivity index (χ4v) is 1.87. The average molecular weight is 200 g/mol. The first-order valence-electron chi connectivity index (χ1n) is 3.81. The van der Waals surface area contributed by atoms with Crippen LogP contribution in [0.2, 0.25) is 5.02 Å². The summed E-state index contributed by atoms with van der Waals surface area (Å²) in [6, 6.07) is 6.12. The van der Waals surface area contributed by atoms with Gasteiger partial charge in [0, 0.05) is 4.90 Å². The van der Waals surface area contributed by atoms with Gasteiger partial charge in [-0.3, -0.25) is 0 Å². The van der Waals surface area contributed by atoms with E-state index in [4.69, 9.17) is 11.6 Å². The van der Waals surface area contributed by atoms with Crippen LogP contribution >= 0.6 is 23.4 Å². The summed E-state index contributed by atoms with van der Waals surface area (Å²) in [5.41, 5.74) is 1.19. The van der Waals surface area contributed by atoms with Gasteiger partial charge in [0.2, 0.25) is 0 Å². The summed E-state index contributed by atoms with van der Waals surface area (Å²) >= 11 is 7.69. The lowest BCUT2D eigenvalue weighted by molar-refractivity contribution is 0.961. The third kappa shape index (κ3) is 2.18. The maximum Gasteiger partial charge on any atom is 0.0544 e. The van der Waals surface area contributed by atoms with Crippen LogP contribution in [0.5, 0.6) is 0 Å². The highest BCUT2D eigenvalue weighted by molar-refractivity contribution is 7.98. The van der Waals surface area contributed by atoms with Gasteiger partial charge >= 0.3 is 0 Å². The highest BCUT2D eigenvalue weighted by atomic mass is 35.5. The van der Waals surface area contributed by atoms with Gasteiger partial charge in [-0.25, -0.2) is 0 Å². The van der Waals surface area contributed by atoms with Gasteiger partial charge in [0.1, 0.15) is 0 Å². The number of halogens is 1. The molecule has 1 rings (SSSR count). The van der Waals surface area contributed by atoms with Crippen LogP contribution < -0.4 is 0 Å². The van der Waals surface area contributed by atoms with E-state index < -0.39 is 0 Å². The molecule has 0 N–H and O–H groups in total. The normalized spacial score (nSPS) is 10.8. The van der Waals surface area contributed by atoms with Gasteiger partial charge in [-0.1, -0.05) is 24.6 Å². The summed E-state index contributed by atoms with van der Waals surface area (Å²) in [4.78, 5) is 1.13. The van der Waals surface area contributed by atoms with E-state index in [0.717, 1.165) is 9.92 Å². The van der Waals surface area contributed by atoms with E-state index in [0.29, 0.717) is 5.92 Å². The van der Waals surface area contributed by atoms with E-state index in [2.05, 4.69) is 19.9 Å². The van der Waals surface area contributed by atoms with Crippen molar-refractivity contribution in [3.05, 3.63) is 35.7 Å². The molecule has 1 aromatic rings. The molecule has 1 aromatic carbocycles. The van der Waals surface area contributed by atoms with E-state index in [1.165, 1.54) is 5.56 Å². The zero-order valence-electron chi connectivity index (χ0n) is 7.30. The minimum atomic E-state index is 0.304. The Labute approximate surface area is 83.3 Å². The van der Waals surface area contributed by atoms with Crippen molar-refractivity contribution in [2.24, 2.45) is 0 Å². The molecule has 0 saturated carbocycles. The van der Waals surface area contributed by atoms with E-state index in [1.54, 1.807) is 11.8 Å². The fourth-order valence-electron chi connectivity index (χ4n) is 0.989. The molecule has 0 aliphatic rings. The number of benzene rings is 1. The van der Waals surface area contributed by atoms with Crippen LogP contribution in [0, 0.1) is 6.92 Å². The smallest absolute Gasteiger partial charge is 0.0544 e. The van der Waals surface area contributed by atoms with Crippen LogP contribution in [0.4, 0.5) is 0 Å². The second-order valence-electron chi connectivity index (χ2n) is 2.80. The summed E-state index contributed by atoms with van der Waals surface area (Å²) in [5, 5.41) is 0.829. The van der Waals surface area contributed by atoms with Crippen LogP contribution in [0.3, 0.4) is 0 Å². The SMILES string of the molecule is [CH2]C(C)c1ccc(SC)c(Cl)c1. The average Bonchev–Trinajstić information content (AvgIpc) is 2.04. The Kier molecular flexibility index (Phi) is 3.48. The Hall–Kier alpha value is -0.140. The maximum absolute atomic E-state index is 6.02. The van der Waals surface area contributed by atoms with Gasteiger partial charge in [-0.2, -0.15) is 0 Å². The number of hydrogen-bond acceptors (Lipinski definition) is 1. The van der Waals surface area contributed by atoms with Crippen molar-refractivity contribution >= 4 is 23.4 Å². The topological polar surface area (TPSA) is 0 Å². The molecule has 12 heavy (non-hydrogen) atoms. The molecule has 0 aromatic heterocycles. The van der Waals surface area contributed by atoms with Crippen molar-refractivity contribution in [2.45, 2.75) is 17.7 Å². The molecule has 1 atom stereocenters.